The van der Waals surface area contributed by atoms with Gasteiger partial charge in [0.25, 0.3) is 0 Å². The SMILES string of the molecule is CCOC(=O)c1c(NCCO)nc(-c2ccccc2)nc1Nc1ccc(OC)cc1. The Morgan fingerprint density at radius 3 is 2.37 bits per heavy atom. The van der Waals surface area contributed by atoms with E-state index in [-0.39, 0.29) is 31.1 Å². The van der Waals surface area contributed by atoms with E-state index >= 15 is 0 Å². The van der Waals surface area contributed by atoms with E-state index in [1.54, 1.807) is 26.2 Å². The number of rotatable bonds is 9. The van der Waals surface area contributed by atoms with Gasteiger partial charge in [0.2, 0.25) is 0 Å². The number of hydrogen-bond donors (Lipinski definition) is 3. The molecule has 0 spiro atoms. The molecule has 0 aliphatic carbocycles. The molecule has 0 saturated heterocycles. The van der Waals surface area contributed by atoms with Gasteiger partial charge in [0.1, 0.15) is 17.1 Å². The summed E-state index contributed by atoms with van der Waals surface area (Å²) in [6.45, 7) is 2.04. The fourth-order valence-corrected chi connectivity index (χ4v) is 2.78. The summed E-state index contributed by atoms with van der Waals surface area (Å²) >= 11 is 0. The van der Waals surface area contributed by atoms with Gasteiger partial charge in [-0.3, -0.25) is 0 Å². The zero-order valence-electron chi connectivity index (χ0n) is 16.9. The number of aromatic nitrogens is 2. The van der Waals surface area contributed by atoms with E-state index in [1.807, 2.05) is 42.5 Å². The molecule has 156 valence electrons. The van der Waals surface area contributed by atoms with Crippen LogP contribution in [0, 0.1) is 0 Å². The van der Waals surface area contributed by atoms with Crippen LogP contribution in [-0.2, 0) is 4.74 Å². The number of methoxy groups -OCH3 is 1. The molecule has 0 radical (unpaired) electrons. The molecule has 0 aliphatic heterocycles. The second-order valence-corrected chi connectivity index (χ2v) is 6.21. The molecule has 3 N–H and O–H groups in total. The second-order valence-electron chi connectivity index (χ2n) is 6.21. The predicted molar refractivity (Wildman–Crippen MR) is 115 cm³/mol. The van der Waals surface area contributed by atoms with Crippen LogP contribution in [0.5, 0.6) is 5.75 Å². The number of benzene rings is 2. The van der Waals surface area contributed by atoms with Gasteiger partial charge in [-0.25, -0.2) is 14.8 Å². The van der Waals surface area contributed by atoms with Crippen LogP contribution in [0.25, 0.3) is 11.4 Å². The van der Waals surface area contributed by atoms with E-state index in [0.717, 1.165) is 5.56 Å². The lowest BCUT2D eigenvalue weighted by Crippen LogP contribution is -2.17. The minimum atomic E-state index is -0.562. The van der Waals surface area contributed by atoms with E-state index < -0.39 is 5.97 Å². The predicted octanol–water partition coefficient (Wildman–Crippen LogP) is 3.48. The van der Waals surface area contributed by atoms with Gasteiger partial charge < -0.3 is 25.2 Å². The van der Waals surface area contributed by atoms with Gasteiger partial charge in [-0.15, -0.1) is 0 Å². The van der Waals surface area contributed by atoms with Crippen LogP contribution < -0.4 is 15.4 Å². The van der Waals surface area contributed by atoms with Crippen molar-refractivity contribution < 1.29 is 19.4 Å². The lowest BCUT2D eigenvalue weighted by atomic mass is 10.2. The Balaban J connectivity index is 2.11. The topological polar surface area (TPSA) is 106 Å². The highest BCUT2D eigenvalue weighted by Gasteiger charge is 2.23. The van der Waals surface area contributed by atoms with Crippen molar-refractivity contribution in [2.24, 2.45) is 0 Å². The lowest BCUT2D eigenvalue weighted by Gasteiger charge is -2.16. The summed E-state index contributed by atoms with van der Waals surface area (Å²) in [4.78, 5) is 21.8. The third-order valence-electron chi connectivity index (χ3n) is 4.18. The third-order valence-corrected chi connectivity index (χ3v) is 4.18. The van der Waals surface area contributed by atoms with Crippen LogP contribution in [-0.4, -0.2) is 47.9 Å². The van der Waals surface area contributed by atoms with E-state index in [1.165, 1.54) is 0 Å². The number of carbonyl (C=O) groups excluding carboxylic acids is 1. The van der Waals surface area contributed by atoms with E-state index in [2.05, 4.69) is 20.6 Å². The summed E-state index contributed by atoms with van der Waals surface area (Å²) in [7, 11) is 1.59. The van der Waals surface area contributed by atoms with Gasteiger partial charge in [-0.2, -0.15) is 0 Å². The smallest absolute Gasteiger partial charge is 0.345 e. The number of anilines is 3. The van der Waals surface area contributed by atoms with Crippen molar-refractivity contribution in [1.82, 2.24) is 9.97 Å². The molecular formula is C22H24N4O4. The number of aliphatic hydroxyl groups excluding tert-OH is 1. The Hall–Kier alpha value is -3.65. The summed E-state index contributed by atoms with van der Waals surface area (Å²) in [6, 6.07) is 16.7. The quantitative estimate of drug-likeness (QED) is 0.462. The monoisotopic (exact) mass is 408 g/mol. The molecule has 1 aromatic heterocycles. The molecule has 2 aromatic carbocycles. The van der Waals surface area contributed by atoms with Crippen LogP contribution in [0.4, 0.5) is 17.3 Å². The summed E-state index contributed by atoms with van der Waals surface area (Å²) < 4.78 is 10.4. The van der Waals surface area contributed by atoms with Crippen molar-refractivity contribution in [3.63, 3.8) is 0 Å². The Labute approximate surface area is 174 Å². The normalized spacial score (nSPS) is 10.4. The second kappa shape index (κ2) is 10.2. The zero-order chi connectivity index (χ0) is 21.3. The van der Waals surface area contributed by atoms with E-state index in [0.29, 0.717) is 23.1 Å². The number of hydrogen-bond acceptors (Lipinski definition) is 8. The molecule has 1 heterocycles. The van der Waals surface area contributed by atoms with Gasteiger partial charge in [-0.1, -0.05) is 30.3 Å². The molecule has 30 heavy (non-hydrogen) atoms. The minimum absolute atomic E-state index is 0.117. The average Bonchev–Trinajstić information content (AvgIpc) is 2.78. The highest BCUT2D eigenvalue weighted by atomic mass is 16.5. The van der Waals surface area contributed by atoms with Crippen molar-refractivity contribution in [2.45, 2.75) is 6.92 Å². The standard InChI is InChI=1S/C22H24N4O4/c1-3-30-22(28)18-20(23-13-14-27)25-19(15-7-5-4-6-8-15)26-21(18)24-16-9-11-17(29-2)12-10-16/h4-12,27H,3,13-14H2,1-2H3,(H2,23,24,25,26). The first kappa shape index (κ1) is 21.1. The van der Waals surface area contributed by atoms with Gasteiger partial charge in [-0.05, 0) is 31.2 Å². The lowest BCUT2D eigenvalue weighted by molar-refractivity contribution is 0.0528. The summed E-state index contributed by atoms with van der Waals surface area (Å²) in [5.41, 5.74) is 1.67. The van der Waals surface area contributed by atoms with E-state index in [9.17, 15) is 9.90 Å². The fraction of sp³-hybridized carbons (Fsp3) is 0.227. The minimum Gasteiger partial charge on any atom is -0.497 e. The Morgan fingerprint density at radius 1 is 1.03 bits per heavy atom. The molecular weight excluding hydrogens is 384 g/mol. The van der Waals surface area contributed by atoms with Crippen molar-refractivity contribution >= 4 is 23.3 Å². The first-order chi connectivity index (χ1) is 14.7. The number of carbonyl (C=O) groups is 1. The van der Waals surface area contributed by atoms with Crippen LogP contribution in [0.3, 0.4) is 0 Å². The van der Waals surface area contributed by atoms with Crippen molar-refractivity contribution in [1.29, 1.82) is 0 Å². The molecule has 0 bridgehead atoms. The number of esters is 1. The Bertz CT molecular complexity index is 978. The fourth-order valence-electron chi connectivity index (χ4n) is 2.78. The van der Waals surface area contributed by atoms with E-state index in [4.69, 9.17) is 9.47 Å². The molecule has 0 fully saturated rings. The van der Waals surface area contributed by atoms with Crippen molar-refractivity contribution in [3.05, 3.63) is 60.2 Å². The summed E-state index contributed by atoms with van der Waals surface area (Å²) in [5, 5.41) is 15.4. The molecule has 8 nitrogen and oxygen atoms in total. The molecule has 0 atom stereocenters. The third kappa shape index (κ3) is 5.03. The van der Waals surface area contributed by atoms with Gasteiger partial charge >= 0.3 is 5.97 Å². The number of ether oxygens (including phenoxy) is 2. The summed E-state index contributed by atoms with van der Waals surface area (Å²) in [6.07, 6.45) is 0. The Morgan fingerprint density at radius 2 is 1.73 bits per heavy atom. The van der Waals surface area contributed by atoms with Crippen molar-refractivity contribution in [3.8, 4) is 17.1 Å². The maximum atomic E-state index is 12.7. The van der Waals surface area contributed by atoms with Crippen LogP contribution in [0.2, 0.25) is 0 Å². The highest BCUT2D eigenvalue weighted by Crippen LogP contribution is 2.29. The number of nitrogens with one attached hydrogen (secondary N) is 2. The van der Waals surface area contributed by atoms with Gasteiger partial charge in [0.15, 0.2) is 11.6 Å². The maximum absolute atomic E-state index is 12.7. The number of nitrogens with zero attached hydrogens (tertiary/aromatic N) is 2. The first-order valence-electron chi connectivity index (χ1n) is 9.56. The average molecular weight is 408 g/mol. The molecule has 8 heteroatoms. The highest BCUT2D eigenvalue weighted by molar-refractivity contribution is 6.01. The summed E-state index contributed by atoms with van der Waals surface area (Å²) in [5.74, 6) is 1.16. The molecule has 0 saturated carbocycles. The zero-order valence-corrected chi connectivity index (χ0v) is 16.9. The number of aliphatic hydroxyl groups is 1. The van der Waals surface area contributed by atoms with Crippen LogP contribution >= 0.6 is 0 Å². The Kier molecular flexibility index (Phi) is 7.18. The van der Waals surface area contributed by atoms with Crippen LogP contribution in [0.1, 0.15) is 17.3 Å². The first-order valence-corrected chi connectivity index (χ1v) is 9.56. The van der Waals surface area contributed by atoms with Crippen molar-refractivity contribution in [2.75, 3.05) is 37.5 Å². The largest absolute Gasteiger partial charge is 0.497 e. The molecule has 0 aliphatic rings. The molecule has 0 unspecified atom stereocenters. The van der Waals surface area contributed by atoms with Gasteiger partial charge in [0, 0.05) is 17.8 Å². The van der Waals surface area contributed by atoms with Crippen LogP contribution in [0.15, 0.2) is 54.6 Å². The maximum Gasteiger partial charge on any atom is 0.345 e. The molecule has 3 rings (SSSR count). The van der Waals surface area contributed by atoms with Gasteiger partial charge in [0.05, 0.1) is 20.3 Å². The molecule has 3 aromatic rings. The molecule has 0 amide bonds.